The summed E-state index contributed by atoms with van der Waals surface area (Å²) in [5, 5.41) is 6.89. The number of amides is 1. The highest BCUT2D eigenvalue weighted by atomic mass is 16.5. The summed E-state index contributed by atoms with van der Waals surface area (Å²) in [6.45, 7) is 4.69. The first-order valence-corrected chi connectivity index (χ1v) is 8.54. The SMILES string of the molecule is Cc1noc(CCCC(=O)NC2CCN(Cc3ccccc3)C2)n1. The molecule has 6 heteroatoms. The van der Waals surface area contributed by atoms with Gasteiger partial charge in [0.05, 0.1) is 0 Å². The van der Waals surface area contributed by atoms with Gasteiger partial charge in [0.2, 0.25) is 11.8 Å². The van der Waals surface area contributed by atoms with Crippen LogP contribution in [0, 0.1) is 6.92 Å². The Morgan fingerprint density at radius 2 is 2.21 bits per heavy atom. The maximum atomic E-state index is 12.1. The van der Waals surface area contributed by atoms with E-state index in [1.807, 2.05) is 6.07 Å². The predicted octanol–water partition coefficient (Wildman–Crippen LogP) is 2.09. The Hall–Kier alpha value is -2.21. The van der Waals surface area contributed by atoms with Gasteiger partial charge in [-0.25, -0.2) is 0 Å². The molecule has 1 saturated heterocycles. The summed E-state index contributed by atoms with van der Waals surface area (Å²) in [6.07, 6.45) is 2.89. The summed E-state index contributed by atoms with van der Waals surface area (Å²) in [4.78, 5) is 18.6. The molecule has 1 fully saturated rings. The molecule has 1 N–H and O–H groups in total. The number of aromatic nitrogens is 2. The van der Waals surface area contributed by atoms with Gasteiger partial charge in [-0.05, 0) is 25.3 Å². The number of likely N-dealkylation sites (tertiary alicyclic amines) is 1. The van der Waals surface area contributed by atoms with Crippen molar-refractivity contribution in [2.45, 2.75) is 45.2 Å². The smallest absolute Gasteiger partial charge is 0.226 e. The number of hydrogen-bond donors (Lipinski definition) is 1. The number of carbonyl (C=O) groups is 1. The first kappa shape index (κ1) is 16.6. The van der Waals surface area contributed by atoms with Crippen LogP contribution in [0.2, 0.25) is 0 Å². The second-order valence-electron chi connectivity index (χ2n) is 6.36. The molecule has 1 aromatic heterocycles. The van der Waals surface area contributed by atoms with E-state index in [9.17, 15) is 4.79 Å². The van der Waals surface area contributed by atoms with Crippen LogP contribution in [0.5, 0.6) is 0 Å². The van der Waals surface area contributed by atoms with E-state index in [1.165, 1.54) is 5.56 Å². The minimum Gasteiger partial charge on any atom is -0.352 e. The van der Waals surface area contributed by atoms with E-state index in [4.69, 9.17) is 4.52 Å². The largest absolute Gasteiger partial charge is 0.352 e. The average Bonchev–Trinajstić information content (AvgIpc) is 3.17. The Balaban J connectivity index is 1.35. The van der Waals surface area contributed by atoms with E-state index in [2.05, 4.69) is 44.6 Å². The number of rotatable bonds is 7. The summed E-state index contributed by atoms with van der Waals surface area (Å²) in [7, 11) is 0. The van der Waals surface area contributed by atoms with Crippen molar-refractivity contribution in [3.63, 3.8) is 0 Å². The number of aryl methyl sites for hydroxylation is 2. The predicted molar refractivity (Wildman–Crippen MR) is 90.2 cm³/mol. The summed E-state index contributed by atoms with van der Waals surface area (Å²) in [6, 6.07) is 10.7. The molecule has 6 nitrogen and oxygen atoms in total. The Kier molecular flexibility index (Phi) is 5.59. The Bertz CT molecular complexity index is 656. The van der Waals surface area contributed by atoms with Crippen LogP contribution in [0.4, 0.5) is 0 Å². The standard InChI is InChI=1S/C18H24N4O2/c1-14-19-18(24-21-14)9-5-8-17(23)20-16-10-11-22(13-16)12-15-6-3-2-4-7-15/h2-4,6-7,16H,5,8-13H2,1H3,(H,20,23). The minimum absolute atomic E-state index is 0.109. The first-order chi connectivity index (χ1) is 11.7. The van der Waals surface area contributed by atoms with E-state index in [1.54, 1.807) is 6.92 Å². The highest BCUT2D eigenvalue weighted by Crippen LogP contribution is 2.13. The Morgan fingerprint density at radius 1 is 1.38 bits per heavy atom. The first-order valence-electron chi connectivity index (χ1n) is 8.54. The van der Waals surface area contributed by atoms with Gasteiger partial charge in [-0.15, -0.1) is 0 Å². The molecular formula is C18H24N4O2. The van der Waals surface area contributed by atoms with Crippen molar-refractivity contribution in [1.82, 2.24) is 20.4 Å². The molecule has 128 valence electrons. The third kappa shape index (κ3) is 4.89. The topological polar surface area (TPSA) is 71.3 Å². The summed E-state index contributed by atoms with van der Waals surface area (Å²) >= 11 is 0. The zero-order valence-electron chi connectivity index (χ0n) is 14.1. The molecular weight excluding hydrogens is 304 g/mol. The molecule has 3 rings (SSSR count). The molecule has 1 unspecified atom stereocenters. The molecule has 0 spiro atoms. The van der Waals surface area contributed by atoms with Gasteiger partial charge in [-0.3, -0.25) is 9.69 Å². The van der Waals surface area contributed by atoms with Crippen LogP contribution in [0.25, 0.3) is 0 Å². The van der Waals surface area contributed by atoms with Crippen LogP contribution >= 0.6 is 0 Å². The fourth-order valence-electron chi connectivity index (χ4n) is 3.08. The Morgan fingerprint density at radius 3 is 2.96 bits per heavy atom. The van der Waals surface area contributed by atoms with Crippen LogP contribution in [-0.2, 0) is 17.8 Å². The van der Waals surface area contributed by atoms with Crippen molar-refractivity contribution < 1.29 is 9.32 Å². The van der Waals surface area contributed by atoms with Crippen molar-refractivity contribution in [2.24, 2.45) is 0 Å². The molecule has 24 heavy (non-hydrogen) atoms. The van der Waals surface area contributed by atoms with Crippen LogP contribution in [0.15, 0.2) is 34.9 Å². The molecule has 0 saturated carbocycles. The molecule has 1 aromatic carbocycles. The molecule has 1 atom stereocenters. The Labute approximate surface area is 142 Å². The summed E-state index contributed by atoms with van der Waals surface area (Å²) in [5.41, 5.74) is 1.32. The van der Waals surface area contributed by atoms with Crippen molar-refractivity contribution in [2.75, 3.05) is 13.1 Å². The number of carbonyl (C=O) groups excluding carboxylic acids is 1. The molecule has 2 aromatic rings. The van der Waals surface area contributed by atoms with E-state index < -0.39 is 0 Å². The van der Waals surface area contributed by atoms with Crippen molar-refractivity contribution in [3.05, 3.63) is 47.6 Å². The summed E-state index contributed by atoms with van der Waals surface area (Å²) < 4.78 is 5.05. The number of nitrogens with one attached hydrogen (secondary N) is 1. The maximum absolute atomic E-state index is 12.1. The second kappa shape index (κ2) is 8.06. The van der Waals surface area contributed by atoms with Crippen LogP contribution < -0.4 is 5.32 Å². The van der Waals surface area contributed by atoms with E-state index in [-0.39, 0.29) is 11.9 Å². The van der Waals surface area contributed by atoms with Gasteiger partial charge in [0.15, 0.2) is 5.82 Å². The lowest BCUT2D eigenvalue weighted by atomic mass is 10.2. The van der Waals surface area contributed by atoms with E-state index in [0.717, 1.165) is 32.5 Å². The fraction of sp³-hybridized carbons (Fsp3) is 0.500. The van der Waals surface area contributed by atoms with E-state index >= 15 is 0 Å². The van der Waals surface area contributed by atoms with Crippen LogP contribution in [0.1, 0.15) is 36.5 Å². The second-order valence-corrected chi connectivity index (χ2v) is 6.36. The lowest BCUT2D eigenvalue weighted by Crippen LogP contribution is -2.36. The zero-order valence-corrected chi connectivity index (χ0v) is 14.1. The van der Waals surface area contributed by atoms with Gasteiger partial charge in [0, 0.05) is 38.5 Å². The number of benzene rings is 1. The molecule has 0 radical (unpaired) electrons. The van der Waals surface area contributed by atoms with Gasteiger partial charge in [0.1, 0.15) is 0 Å². The number of nitrogens with zero attached hydrogens (tertiary/aromatic N) is 3. The van der Waals surface area contributed by atoms with Crippen molar-refractivity contribution >= 4 is 5.91 Å². The monoisotopic (exact) mass is 328 g/mol. The third-order valence-electron chi connectivity index (χ3n) is 4.25. The van der Waals surface area contributed by atoms with E-state index in [0.29, 0.717) is 24.6 Å². The van der Waals surface area contributed by atoms with Gasteiger partial charge in [0.25, 0.3) is 0 Å². The van der Waals surface area contributed by atoms with Gasteiger partial charge in [-0.1, -0.05) is 35.5 Å². The zero-order chi connectivity index (χ0) is 16.8. The minimum atomic E-state index is 0.109. The lowest BCUT2D eigenvalue weighted by molar-refractivity contribution is -0.121. The molecule has 2 heterocycles. The maximum Gasteiger partial charge on any atom is 0.226 e. The third-order valence-corrected chi connectivity index (χ3v) is 4.25. The molecule has 0 bridgehead atoms. The van der Waals surface area contributed by atoms with Gasteiger partial charge < -0.3 is 9.84 Å². The summed E-state index contributed by atoms with van der Waals surface area (Å²) in [5.74, 6) is 1.35. The molecule has 1 amide bonds. The van der Waals surface area contributed by atoms with Crippen molar-refractivity contribution in [3.8, 4) is 0 Å². The quantitative estimate of drug-likeness (QED) is 0.843. The fourth-order valence-corrected chi connectivity index (χ4v) is 3.08. The number of hydrogen-bond acceptors (Lipinski definition) is 5. The lowest BCUT2D eigenvalue weighted by Gasteiger charge is -2.16. The van der Waals surface area contributed by atoms with Gasteiger partial charge in [-0.2, -0.15) is 4.98 Å². The highest BCUT2D eigenvalue weighted by molar-refractivity contribution is 5.76. The van der Waals surface area contributed by atoms with Crippen LogP contribution in [-0.4, -0.2) is 40.1 Å². The van der Waals surface area contributed by atoms with Gasteiger partial charge >= 0.3 is 0 Å². The normalized spacial score (nSPS) is 18.0. The van der Waals surface area contributed by atoms with Crippen LogP contribution in [0.3, 0.4) is 0 Å². The molecule has 0 aliphatic carbocycles. The van der Waals surface area contributed by atoms with Crippen molar-refractivity contribution in [1.29, 1.82) is 0 Å². The molecule has 1 aliphatic heterocycles. The molecule has 1 aliphatic rings. The highest BCUT2D eigenvalue weighted by Gasteiger charge is 2.23. The average molecular weight is 328 g/mol.